The molecule has 5 nitrogen and oxygen atoms in total. The van der Waals surface area contributed by atoms with Crippen molar-refractivity contribution >= 4 is 11.4 Å². The summed E-state index contributed by atoms with van der Waals surface area (Å²) in [7, 11) is 0. The average Bonchev–Trinajstić information content (AvgIpc) is 2.26. The number of aliphatic hydroxyl groups is 1. The number of anilines is 1. The fraction of sp³-hybridized carbons (Fsp3) is 0.538. The van der Waals surface area contributed by atoms with E-state index in [4.69, 9.17) is 0 Å². The van der Waals surface area contributed by atoms with Crippen molar-refractivity contribution < 1.29 is 10.0 Å². The molecule has 1 aromatic rings. The van der Waals surface area contributed by atoms with E-state index in [0.29, 0.717) is 24.2 Å². The minimum Gasteiger partial charge on any atom is -0.388 e. The maximum atomic E-state index is 11.0. The normalized spacial score (nSPS) is 14.0. The second-order valence-corrected chi connectivity index (χ2v) is 4.83. The number of nitro groups is 1. The highest BCUT2D eigenvalue weighted by Crippen LogP contribution is 2.28. The van der Waals surface area contributed by atoms with Crippen molar-refractivity contribution in [3.8, 4) is 0 Å². The van der Waals surface area contributed by atoms with E-state index in [2.05, 4.69) is 5.32 Å². The molecule has 0 aromatic heterocycles. The standard InChI is InChI=1S/C13H20N2O3/c1-4-8-13(3,16)9-14-11-7-5-6-10(2)12(11)15(17)18/h5-7,14,16H,4,8-9H2,1-3H3. The topological polar surface area (TPSA) is 75.4 Å². The Morgan fingerprint density at radius 1 is 1.50 bits per heavy atom. The van der Waals surface area contributed by atoms with Crippen LogP contribution in [0.15, 0.2) is 18.2 Å². The van der Waals surface area contributed by atoms with Gasteiger partial charge in [0.2, 0.25) is 0 Å². The maximum Gasteiger partial charge on any atom is 0.295 e. The third-order valence-corrected chi connectivity index (χ3v) is 2.87. The molecule has 1 atom stereocenters. The van der Waals surface area contributed by atoms with E-state index in [1.807, 2.05) is 6.92 Å². The van der Waals surface area contributed by atoms with Gasteiger partial charge in [-0.15, -0.1) is 0 Å². The molecule has 0 aliphatic heterocycles. The van der Waals surface area contributed by atoms with Crippen molar-refractivity contribution in [2.75, 3.05) is 11.9 Å². The summed E-state index contributed by atoms with van der Waals surface area (Å²) in [6.07, 6.45) is 1.52. The van der Waals surface area contributed by atoms with Gasteiger partial charge in [-0.2, -0.15) is 0 Å². The first-order chi connectivity index (χ1) is 8.37. The quantitative estimate of drug-likeness (QED) is 0.603. The van der Waals surface area contributed by atoms with Gasteiger partial charge in [0, 0.05) is 12.1 Å². The molecule has 2 N–H and O–H groups in total. The molecule has 0 spiro atoms. The zero-order valence-electron chi connectivity index (χ0n) is 11.1. The van der Waals surface area contributed by atoms with E-state index >= 15 is 0 Å². The third-order valence-electron chi connectivity index (χ3n) is 2.87. The molecular formula is C13H20N2O3. The van der Waals surface area contributed by atoms with Gasteiger partial charge in [-0.1, -0.05) is 25.5 Å². The number of nitrogens with zero attached hydrogens (tertiary/aromatic N) is 1. The van der Waals surface area contributed by atoms with Crippen LogP contribution in [0, 0.1) is 17.0 Å². The van der Waals surface area contributed by atoms with Gasteiger partial charge in [-0.3, -0.25) is 10.1 Å². The fourth-order valence-electron chi connectivity index (χ4n) is 1.96. The van der Waals surface area contributed by atoms with Gasteiger partial charge in [0.25, 0.3) is 5.69 Å². The predicted molar refractivity (Wildman–Crippen MR) is 71.9 cm³/mol. The first kappa shape index (κ1) is 14.4. The number of hydrogen-bond donors (Lipinski definition) is 2. The third kappa shape index (κ3) is 3.70. The summed E-state index contributed by atoms with van der Waals surface area (Å²) in [6.45, 7) is 5.72. The summed E-state index contributed by atoms with van der Waals surface area (Å²) in [6, 6.07) is 5.12. The molecule has 1 aromatic carbocycles. The fourth-order valence-corrected chi connectivity index (χ4v) is 1.96. The van der Waals surface area contributed by atoms with E-state index in [9.17, 15) is 15.2 Å². The molecule has 0 saturated carbocycles. The SMILES string of the molecule is CCCC(C)(O)CNc1cccc(C)c1[N+](=O)[O-]. The van der Waals surface area contributed by atoms with Crippen LogP contribution in [0.25, 0.3) is 0 Å². The molecule has 0 saturated heterocycles. The van der Waals surface area contributed by atoms with Gasteiger partial charge < -0.3 is 10.4 Å². The second kappa shape index (κ2) is 5.82. The molecule has 0 aliphatic carbocycles. The largest absolute Gasteiger partial charge is 0.388 e. The number of benzene rings is 1. The van der Waals surface area contributed by atoms with Gasteiger partial charge in [0.05, 0.1) is 10.5 Å². The minimum atomic E-state index is -0.855. The van der Waals surface area contributed by atoms with E-state index in [0.717, 1.165) is 6.42 Å². The Morgan fingerprint density at radius 2 is 2.17 bits per heavy atom. The average molecular weight is 252 g/mol. The van der Waals surface area contributed by atoms with Gasteiger partial charge >= 0.3 is 0 Å². The summed E-state index contributed by atoms with van der Waals surface area (Å²) in [4.78, 5) is 10.6. The first-order valence-electron chi connectivity index (χ1n) is 6.07. The Labute approximate surface area is 107 Å². The maximum absolute atomic E-state index is 11.0. The Bertz CT molecular complexity index is 430. The van der Waals surface area contributed by atoms with Crippen molar-refractivity contribution in [1.29, 1.82) is 0 Å². The van der Waals surface area contributed by atoms with E-state index in [1.54, 1.807) is 32.0 Å². The van der Waals surface area contributed by atoms with Crippen molar-refractivity contribution in [1.82, 2.24) is 0 Å². The molecule has 0 bridgehead atoms. The molecule has 100 valence electrons. The minimum absolute atomic E-state index is 0.0739. The number of aryl methyl sites for hydroxylation is 1. The van der Waals surface area contributed by atoms with Crippen LogP contribution in [0.3, 0.4) is 0 Å². The van der Waals surface area contributed by atoms with E-state index in [1.165, 1.54) is 0 Å². The first-order valence-corrected chi connectivity index (χ1v) is 6.07. The zero-order valence-corrected chi connectivity index (χ0v) is 11.1. The lowest BCUT2D eigenvalue weighted by Gasteiger charge is -2.23. The van der Waals surface area contributed by atoms with Gasteiger partial charge in [-0.05, 0) is 26.3 Å². The molecular weight excluding hydrogens is 232 g/mol. The molecule has 5 heteroatoms. The summed E-state index contributed by atoms with van der Waals surface area (Å²) in [5, 5.41) is 24.0. The highest BCUT2D eigenvalue weighted by molar-refractivity contribution is 5.65. The number of nitro benzene ring substituents is 1. The smallest absolute Gasteiger partial charge is 0.295 e. The van der Waals surface area contributed by atoms with Crippen molar-refractivity contribution in [2.24, 2.45) is 0 Å². The lowest BCUT2D eigenvalue weighted by atomic mass is 10.0. The molecule has 0 amide bonds. The Balaban J connectivity index is 2.85. The van der Waals surface area contributed by atoms with Crippen molar-refractivity contribution in [2.45, 2.75) is 39.2 Å². The molecule has 0 fully saturated rings. The van der Waals surface area contributed by atoms with E-state index in [-0.39, 0.29) is 5.69 Å². The van der Waals surface area contributed by atoms with Crippen LogP contribution in [0.2, 0.25) is 0 Å². The Morgan fingerprint density at radius 3 is 2.72 bits per heavy atom. The zero-order chi connectivity index (χ0) is 13.8. The highest BCUT2D eigenvalue weighted by Gasteiger charge is 2.22. The molecule has 0 radical (unpaired) electrons. The van der Waals surface area contributed by atoms with Crippen molar-refractivity contribution in [3.63, 3.8) is 0 Å². The monoisotopic (exact) mass is 252 g/mol. The predicted octanol–water partition coefficient (Wildman–Crippen LogP) is 2.87. The van der Waals surface area contributed by atoms with E-state index < -0.39 is 10.5 Å². The second-order valence-electron chi connectivity index (χ2n) is 4.83. The Hall–Kier alpha value is -1.62. The molecule has 1 rings (SSSR count). The number of para-hydroxylation sites is 1. The van der Waals surface area contributed by atoms with Crippen LogP contribution < -0.4 is 5.32 Å². The van der Waals surface area contributed by atoms with Crippen LogP contribution in [0.1, 0.15) is 32.3 Å². The lowest BCUT2D eigenvalue weighted by molar-refractivity contribution is -0.384. The number of nitrogens with one attached hydrogen (secondary N) is 1. The number of hydrogen-bond acceptors (Lipinski definition) is 4. The highest BCUT2D eigenvalue weighted by atomic mass is 16.6. The summed E-state index contributed by atoms with van der Waals surface area (Å²) >= 11 is 0. The lowest BCUT2D eigenvalue weighted by Crippen LogP contribution is -2.33. The summed E-state index contributed by atoms with van der Waals surface area (Å²) in [5.74, 6) is 0. The molecule has 0 aliphatic rings. The van der Waals surface area contributed by atoms with Crippen LogP contribution in [0.5, 0.6) is 0 Å². The summed E-state index contributed by atoms with van der Waals surface area (Å²) < 4.78 is 0. The molecule has 18 heavy (non-hydrogen) atoms. The van der Waals surface area contributed by atoms with Gasteiger partial charge in [0.1, 0.15) is 5.69 Å². The number of rotatable bonds is 6. The summed E-state index contributed by atoms with van der Waals surface area (Å²) in [5.41, 5.74) is 0.285. The van der Waals surface area contributed by atoms with Crippen LogP contribution >= 0.6 is 0 Å². The van der Waals surface area contributed by atoms with Crippen LogP contribution in [-0.4, -0.2) is 22.2 Å². The van der Waals surface area contributed by atoms with Crippen LogP contribution in [-0.2, 0) is 0 Å². The molecule has 1 unspecified atom stereocenters. The van der Waals surface area contributed by atoms with Crippen LogP contribution in [0.4, 0.5) is 11.4 Å². The van der Waals surface area contributed by atoms with Crippen molar-refractivity contribution in [3.05, 3.63) is 33.9 Å². The molecule has 0 heterocycles. The van der Waals surface area contributed by atoms with Gasteiger partial charge in [0.15, 0.2) is 0 Å². The van der Waals surface area contributed by atoms with Gasteiger partial charge in [-0.25, -0.2) is 0 Å². The Kier molecular flexibility index (Phi) is 4.67.